The fourth-order valence-electron chi connectivity index (χ4n) is 1.14. The van der Waals surface area contributed by atoms with Crippen LogP contribution in [0.4, 0.5) is 0 Å². The molecule has 0 fully saturated rings. The van der Waals surface area contributed by atoms with E-state index in [9.17, 15) is 9.59 Å². The Bertz CT molecular complexity index is 659. The Labute approximate surface area is 110 Å². The summed E-state index contributed by atoms with van der Waals surface area (Å²) in [6.07, 6.45) is 2.60. The molecule has 2 aromatic rings. The van der Waals surface area contributed by atoms with Gasteiger partial charge in [0.1, 0.15) is 15.7 Å². The van der Waals surface area contributed by atoms with Gasteiger partial charge in [-0.3, -0.25) is 4.79 Å². The van der Waals surface area contributed by atoms with Crippen molar-refractivity contribution >= 4 is 29.3 Å². The van der Waals surface area contributed by atoms with Gasteiger partial charge in [-0.05, 0) is 12.1 Å². The molecule has 2 heterocycles. The minimum Gasteiger partial charge on any atom is -0.477 e. The summed E-state index contributed by atoms with van der Waals surface area (Å²) < 4.78 is 0. The Kier molecular flexibility index (Phi) is 3.63. The van der Waals surface area contributed by atoms with E-state index < -0.39 is 11.5 Å². The quantitative estimate of drug-likeness (QED) is 0.832. The van der Waals surface area contributed by atoms with Crippen molar-refractivity contribution in [3.8, 4) is 0 Å². The van der Waals surface area contributed by atoms with Gasteiger partial charge in [0.15, 0.2) is 0 Å². The van der Waals surface area contributed by atoms with Crippen molar-refractivity contribution < 1.29 is 9.90 Å². The van der Waals surface area contributed by atoms with Gasteiger partial charge >= 0.3 is 5.97 Å². The maximum Gasteiger partial charge on any atom is 0.354 e. The van der Waals surface area contributed by atoms with E-state index in [1.165, 1.54) is 18.6 Å². The topological polar surface area (TPSA) is 95.9 Å². The van der Waals surface area contributed by atoms with Crippen LogP contribution in [0.3, 0.4) is 0 Å². The smallest absolute Gasteiger partial charge is 0.354 e. The van der Waals surface area contributed by atoms with E-state index in [0.29, 0.717) is 9.92 Å². The van der Waals surface area contributed by atoms with Gasteiger partial charge in [0.25, 0.3) is 5.56 Å². The first-order valence-corrected chi connectivity index (χ1v) is 5.88. The standard InChI is InChI=1S/C10H6ClN3O3S/c11-7-8(15)13-4-14-9(7)18-5-1-2-12-6(3-5)10(16)17/h1-4H,(H,16,17)(H,13,14,15). The van der Waals surface area contributed by atoms with Crippen molar-refractivity contribution in [3.63, 3.8) is 0 Å². The van der Waals surface area contributed by atoms with E-state index in [1.807, 2.05) is 0 Å². The van der Waals surface area contributed by atoms with Crippen molar-refractivity contribution in [2.45, 2.75) is 9.92 Å². The highest BCUT2D eigenvalue weighted by Crippen LogP contribution is 2.29. The zero-order chi connectivity index (χ0) is 13.1. The number of nitrogens with zero attached hydrogens (tertiary/aromatic N) is 2. The number of aromatic carboxylic acids is 1. The molecule has 0 aliphatic rings. The number of carbonyl (C=O) groups is 1. The van der Waals surface area contributed by atoms with E-state index >= 15 is 0 Å². The molecule has 0 spiro atoms. The van der Waals surface area contributed by atoms with Crippen molar-refractivity contribution in [1.82, 2.24) is 15.0 Å². The Morgan fingerprint density at radius 3 is 2.94 bits per heavy atom. The van der Waals surface area contributed by atoms with Crippen LogP contribution in [-0.2, 0) is 0 Å². The van der Waals surface area contributed by atoms with Crippen molar-refractivity contribution in [2.75, 3.05) is 0 Å². The molecule has 6 nitrogen and oxygen atoms in total. The van der Waals surface area contributed by atoms with Gasteiger partial charge in [-0.2, -0.15) is 0 Å². The molecule has 0 radical (unpaired) electrons. The Morgan fingerprint density at radius 1 is 1.44 bits per heavy atom. The third-order valence-corrected chi connectivity index (χ3v) is 3.38. The summed E-state index contributed by atoms with van der Waals surface area (Å²) in [7, 11) is 0. The van der Waals surface area contributed by atoms with Gasteiger partial charge in [-0.15, -0.1) is 0 Å². The van der Waals surface area contributed by atoms with Gasteiger partial charge < -0.3 is 10.1 Å². The van der Waals surface area contributed by atoms with Gasteiger partial charge in [0.2, 0.25) is 0 Å². The lowest BCUT2D eigenvalue weighted by Crippen LogP contribution is -2.07. The lowest BCUT2D eigenvalue weighted by atomic mass is 10.3. The first-order valence-electron chi connectivity index (χ1n) is 4.68. The number of rotatable bonds is 3. The van der Waals surface area contributed by atoms with E-state index in [2.05, 4.69) is 15.0 Å². The van der Waals surface area contributed by atoms with E-state index in [-0.39, 0.29) is 10.7 Å². The van der Waals surface area contributed by atoms with Crippen molar-refractivity contribution in [2.24, 2.45) is 0 Å². The summed E-state index contributed by atoms with van der Waals surface area (Å²) in [5, 5.41) is 9.08. The minimum absolute atomic E-state index is 0.0313. The highest BCUT2D eigenvalue weighted by molar-refractivity contribution is 7.99. The van der Waals surface area contributed by atoms with E-state index in [1.54, 1.807) is 6.07 Å². The number of hydrogen-bond acceptors (Lipinski definition) is 5. The fourth-order valence-corrected chi connectivity index (χ4v) is 2.17. The first kappa shape index (κ1) is 12.6. The Morgan fingerprint density at radius 2 is 2.22 bits per heavy atom. The molecule has 0 bridgehead atoms. The van der Waals surface area contributed by atoms with E-state index in [4.69, 9.17) is 16.7 Å². The number of carboxylic acid groups (broad SMARTS) is 1. The van der Waals surface area contributed by atoms with E-state index in [0.717, 1.165) is 11.8 Å². The zero-order valence-corrected chi connectivity index (χ0v) is 10.3. The SMILES string of the molecule is O=C(O)c1cc(Sc2nc[nH]c(=O)c2Cl)ccn1. The van der Waals surface area contributed by atoms with Crippen molar-refractivity contribution in [3.05, 3.63) is 45.7 Å². The molecule has 2 rings (SSSR count). The van der Waals surface area contributed by atoms with Crippen LogP contribution in [0.1, 0.15) is 10.5 Å². The molecular weight excluding hydrogens is 278 g/mol. The second kappa shape index (κ2) is 5.19. The van der Waals surface area contributed by atoms with Gasteiger partial charge in [-0.25, -0.2) is 14.8 Å². The molecule has 2 N–H and O–H groups in total. The molecule has 8 heteroatoms. The molecule has 0 aliphatic heterocycles. The zero-order valence-electron chi connectivity index (χ0n) is 8.75. The van der Waals surface area contributed by atoms with Gasteiger partial charge in [0, 0.05) is 11.1 Å². The predicted octanol–water partition coefficient (Wildman–Crippen LogP) is 1.67. The maximum atomic E-state index is 11.3. The van der Waals surface area contributed by atoms with Crippen LogP contribution in [0.5, 0.6) is 0 Å². The summed E-state index contributed by atoms with van der Waals surface area (Å²) in [6.45, 7) is 0. The maximum absolute atomic E-state index is 11.3. The number of carboxylic acids is 1. The number of pyridine rings is 1. The van der Waals surface area contributed by atoms with Crippen LogP contribution >= 0.6 is 23.4 Å². The van der Waals surface area contributed by atoms with Crippen LogP contribution in [0.2, 0.25) is 5.02 Å². The molecule has 0 saturated carbocycles. The average molecular weight is 284 g/mol. The van der Waals surface area contributed by atoms with Crippen LogP contribution in [0.15, 0.2) is 39.4 Å². The summed E-state index contributed by atoms with van der Waals surface area (Å²) in [6, 6.07) is 2.99. The monoisotopic (exact) mass is 283 g/mol. The summed E-state index contributed by atoms with van der Waals surface area (Å²) in [4.78, 5) is 32.5. The summed E-state index contributed by atoms with van der Waals surface area (Å²) >= 11 is 6.88. The molecule has 0 aliphatic carbocycles. The van der Waals surface area contributed by atoms with Crippen LogP contribution in [0.25, 0.3) is 0 Å². The van der Waals surface area contributed by atoms with Crippen LogP contribution < -0.4 is 5.56 Å². The molecular formula is C10H6ClN3O3S. The van der Waals surface area contributed by atoms with Gasteiger partial charge in [0.05, 0.1) is 6.33 Å². The van der Waals surface area contributed by atoms with Crippen LogP contribution in [-0.4, -0.2) is 26.0 Å². The largest absolute Gasteiger partial charge is 0.477 e. The summed E-state index contributed by atoms with van der Waals surface area (Å²) in [5.41, 5.74) is -0.525. The Hall–Kier alpha value is -1.86. The highest BCUT2D eigenvalue weighted by Gasteiger charge is 2.10. The predicted molar refractivity (Wildman–Crippen MR) is 65.2 cm³/mol. The van der Waals surface area contributed by atoms with Crippen LogP contribution in [0, 0.1) is 0 Å². The van der Waals surface area contributed by atoms with Gasteiger partial charge in [-0.1, -0.05) is 23.4 Å². The van der Waals surface area contributed by atoms with Crippen molar-refractivity contribution in [1.29, 1.82) is 0 Å². The molecule has 0 aromatic carbocycles. The third kappa shape index (κ3) is 2.69. The molecule has 92 valence electrons. The minimum atomic E-state index is -1.12. The molecule has 0 amide bonds. The number of hydrogen-bond donors (Lipinski definition) is 2. The molecule has 0 unspecified atom stereocenters. The molecule has 18 heavy (non-hydrogen) atoms. The lowest BCUT2D eigenvalue weighted by Gasteiger charge is -2.02. The number of halogens is 1. The normalized spacial score (nSPS) is 10.3. The second-order valence-corrected chi connectivity index (χ2v) is 4.57. The number of aromatic amines is 1. The Balaban J connectivity index is 2.34. The summed E-state index contributed by atoms with van der Waals surface area (Å²) in [5.74, 6) is -1.12. The highest BCUT2D eigenvalue weighted by atomic mass is 35.5. The molecule has 2 aromatic heterocycles. The lowest BCUT2D eigenvalue weighted by molar-refractivity contribution is 0.0690. The molecule has 0 saturated heterocycles. The average Bonchev–Trinajstić information content (AvgIpc) is 2.35. The second-order valence-electron chi connectivity index (χ2n) is 3.13. The molecule has 0 atom stereocenters. The number of H-pyrrole nitrogens is 1. The third-order valence-electron chi connectivity index (χ3n) is 1.93. The fraction of sp³-hybridized carbons (Fsp3) is 0. The number of nitrogens with one attached hydrogen (secondary N) is 1. The first-order chi connectivity index (χ1) is 8.58. The number of aromatic nitrogens is 3.